The summed E-state index contributed by atoms with van der Waals surface area (Å²) >= 11 is 0. The van der Waals surface area contributed by atoms with Gasteiger partial charge in [-0.1, -0.05) is 10.6 Å². The smallest absolute Gasteiger partial charge is 0.293 e. The van der Waals surface area contributed by atoms with Crippen LogP contribution in [0.4, 0.5) is 0 Å². The molecule has 6 nitrogen and oxygen atoms in total. The van der Waals surface area contributed by atoms with Gasteiger partial charge in [0.25, 0.3) is 0 Å². The molecule has 0 radical (unpaired) electrons. The van der Waals surface area contributed by atoms with Crippen molar-refractivity contribution in [2.75, 3.05) is 0 Å². The van der Waals surface area contributed by atoms with Crippen molar-refractivity contribution < 1.29 is 28.3 Å². The first-order valence-electron chi connectivity index (χ1n) is 2.23. The zero-order valence-electron chi connectivity index (χ0n) is 5.09. The van der Waals surface area contributed by atoms with Crippen LogP contribution in [0.15, 0.2) is 0 Å². The second-order valence-corrected chi connectivity index (χ2v) is 3.33. The van der Waals surface area contributed by atoms with Gasteiger partial charge >= 0.3 is 10.2 Å². The fraction of sp³-hybridized carbons (Fsp3) is 0. The molecule has 0 fully saturated rings. The van der Waals surface area contributed by atoms with E-state index in [0.29, 0.717) is 0 Å². The highest BCUT2D eigenvalue weighted by molar-refractivity contribution is 8.49. The van der Waals surface area contributed by atoms with E-state index in [1.165, 1.54) is 0 Å². The van der Waals surface area contributed by atoms with Gasteiger partial charge in [-0.25, -0.2) is 0 Å². The van der Waals surface area contributed by atoms with Gasteiger partial charge in [0.15, 0.2) is 0 Å². The van der Waals surface area contributed by atoms with Gasteiger partial charge in [-0.05, 0) is 0 Å². The first-order chi connectivity index (χ1) is 4.96. The fourth-order valence-corrected chi connectivity index (χ4v) is 0.700. The Labute approximate surface area is 62.5 Å². The van der Waals surface area contributed by atoms with E-state index in [-0.39, 0.29) is 0 Å². The lowest BCUT2D eigenvalue weighted by molar-refractivity contribution is -0.127. The van der Waals surface area contributed by atoms with Crippen LogP contribution in [0.5, 0.6) is 0 Å². The number of aldehydes is 2. The summed E-state index contributed by atoms with van der Waals surface area (Å²) in [6.07, 6.45) is -0.840. The van der Waals surface area contributed by atoms with Crippen molar-refractivity contribution in [1.82, 2.24) is 0 Å². The lowest BCUT2D eigenvalue weighted by Gasteiger charge is -2.21. The Morgan fingerprint density at radius 2 is 1.27 bits per heavy atom. The molecule has 7 heteroatoms. The number of hydrogen-bond acceptors (Lipinski definition) is 6. The SMILES string of the molecule is O=CC(=O)S(O)(O)C(=O)C=O. The van der Waals surface area contributed by atoms with Crippen LogP contribution in [0.2, 0.25) is 0 Å². The fourth-order valence-electron chi connectivity index (χ4n) is 0.233. The van der Waals surface area contributed by atoms with E-state index in [1.54, 1.807) is 0 Å². The minimum absolute atomic E-state index is 0.420. The molecule has 0 saturated carbocycles. The average Bonchev–Trinajstić information content (AvgIpc) is 2.01. The van der Waals surface area contributed by atoms with Crippen LogP contribution in [0.3, 0.4) is 0 Å². The van der Waals surface area contributed by atoms with Crippen LogP contribution in [0.1, 0.15) is 0 Å². The molecule has 0 aliphatic carbocycles. The third-order valence-corrected chi connectivity index (χ3v) is 2.07. The quantitative estimate of drug-likeness (QED) is 0.424. The van der Waals surface area contributed by atoms with E-state index in [9.17, 15) is 19.2 Å². The zero-order chi connectivity index (χ0) is 9.07. The van der Waals surface area contributed by atoms with E-state index in [0.717, 1.165) is 0 Å². The molecule has 0 aliphatic rings. The molecule has 0 aromatic carbocycles. The highest BCUT2D eigenvalue weighted by Gasteiger charge is 2.30. The van der Waals surface area contributed by atoms with E-state index in [2.05, 4.69) is 0 Å². The zero-order valence-corrected chi connectivity index (χ0v) is 5.91. The van der Waals surface area contributed by atoms with Crippen molar-refractivity contribution in [2.45, 2.75) is 0 Å². The second kappa shape index (κ2) is 3.37. The Kier molecular flexibility index (Phi) is 3.05. The maximum Gasteiger partial charge on any atom is 0.310 e. The van der Waals surface area contributed by atoms with Crippen LogP contribution in [-0.2, 0) is 19.2 Å². The summed E-state index contributed by atoms with van der Waals surface area (Å²) in [5.41, 5.74) is 0. The van der Waals surface area contributed by atoms with Crippen molar-refractivity contribution in [3.8, 4) is 0 Å². The summed E-state index contributed by atoms with van der Waals surface area (Å²) in [5, 5.41) is -3.37. The van der Waals surface area contributed by atoms with Gasteiger partial charge in [0.2, 0.25) is 12.6 Å². The summed E-state index contributed by atoms with van der Waals surface area (Å²) in [6.45, 7) is 0. The summed E-state index contributed by atoms with van der Waals surface area (Å²) in [4.78, 5) is 39.8. The summed E-state index contributed by atoms with van der Waals surface area (Å²) in [7, 11) is -4.35. The minimum atomic E-state index is -4.35. The minimum Gasteiger partial charge on any atom is -0.293 e. The van der Waals surface area contributed by atoms with Crippen LogP contribution < -0.4 is 0 Å². The standard InChI is InChI=1S/C4H4O6S/c5-1-3(7)11(9,10)4(8)2-6/h1-2,9-10H. The Morgan fingerprint density at radius 3 is 1.45 bits per heavy atom. The molecule has 0 aromatic rings. The van der Waals surface area contributed by atoms with Crippen molar-refractivity contribution in [1.29, 1.82) is 0 Å². The Balaban J connectivity index is 4.70. The van der Waals surface area contributed by atoms with Gasteiger partial charge in [-0.2, -0.15) is 0 Å². The van der Waals surface area contributed by atoms with Crippen molar-refractivity contribution in [2.24, 2.45) is 0 Å². The van der Waals surface area contributed by atoms with Gasteiger partial charge in [0.05, 0.1) is 0 Å². The van der Waals surface area contributed by atoms with Crippen molar-refractivity contribution in [3.63, 3.8) is 0 Å². The molecule has 0 rings (SSSR count). The molecule has 0 amide bonds. The summed E-state index contributed by atoms with van der Waals surface area (Å²) in [6, 6.07) is 0. The normalized spacial score (nSPS) is 11.8. The lowest BCUT2D eigenvalue weighted by Crippen LogP contribution is -2.21. The van der Waals surface area contributed by atoms with Crippen molar-refractivity contribution in [3.05, 3.63) is 0 Å². The van der Waals surface area contributed by atoms with E-state index < -0.39 is 33.4 Å². The first kappa shape index (κ1) is 9.95. The van der Waals surface area contributed by atoms with Gasteiger partial charge < -0.3 is 0 Å². The molecule has 0 bridgehead atoms. The Hall–Kier alpha value is -1.05. The predicted molar refractivity (Wildman–Crippen MR) is 35.0 cm³/mol. The second-order valence-electron chi connectivity index (χ2n) is 1.42. The molecule has 62 valence electrons. The molecular formula is C4H4O6S. The average molecular weight is 180 g/mol. The summed E-state index contributed by atoms with van der Waals surface area (Å²) in [5.74, 6) is 0. The van der Waals surface area contributed by atoms with Crippen molar-refractivity contribution >= 4 is 33.4 Å². The number of carbonyl (C=O) groups is 4. The largest absolute Gasteiger partial charge is 0.310 e. The third kappa shape index (κ3) is 1.93. The predicted octanol–water partition coefficient (Wildman–Crippen LogP) is -0.812. The van der Waals surface area contributed by atoms with E-state index in [4.69, 9.17) is 9.11 Å². The Bertz CT molecular complexity index is 197. The third-order valence-electron chi connectivity index (χ3n) is 0.754. The highest BCUT2D eigenvalue weighted by atomic mass is 32.3. The molecule has 0 aliphatic heterocycles. The molecule has 11 heavy (non-hydrogen) atoms. The Morgan fingerprint density at radius 1 is 1.00 bits per heavy atom. The van der Waals surface area contributed by atoms with E-state index >= 15 is 0 Å². The maximum absolute atomic E-state index is 10.2. The molecule has 2 N–H and O–H groups in total. The molecule has 0 saturated heterocycles. The molecule has 0 atom stereocenters. The monoisotopic (exact) mass is 180 g/mol. The van der Waals surface area contributed by atoms with Gasteiger partial charge in [-0.3, -0.25) is 28.3 Å². The number of carbonyl (C=O) groups excluding carboxylic acids is 4. The molecule has 0 unspecified atom stereocenters. The van der Waals surface area contributed by atoms with Crippen LogP contribution in [0.25, 0.3) is 0 Å². The maximum atomic E-state index is 10.2. The number of rotatable bonds is 2. The van der Waals surface area contributed by atoms with Gasteiger partial charge in [-0.15, -0.1) is 0 Å². The topological polar surface area (TPSA) is 109 Å². The molecule has 0 heterocycles. The molecular weight excluding hydrogens is 176 g/mol. The highest BCUT2D eigenvalue weighted by Crippen LogP contribution is 2.38. The lowest BCUT2D eigenvalue weighted by atomic mass is 10.9. The number of hydrogen-bond donors (Lipinski definition) is 2. The van der Waals surface area contributed by atoms with Gasteiger partial charge in [0, 0.05) is 0 Å². The van der Waals surface area contributed by atoms with Crippen LogP contribution in [0, 0.1) is 0 Å². The summed E-state index contributed by atoms with van der Waals surface area (Å²) < 4.78 is 17.1. The molecule has 0 aromatic heterocycles. The first-order valence-corrected chi connectivity index (χ1v) is 3.78. The van der Waals surface area contributed by atoms with Gasteiger partial charge in [0.1, 0.15) is 0 Å². The van der Waals surface area contributed by atoms with Crippen LogP contribution in [-0.4, -0.2) is 31.9 Å². The molecule has 0 spiro atoms. The van der Waals surface area contributed by atoms with Crippen LogP contribution >= 0.6 is 10.6 Å². The van der Waals surface area contributed by atoms with E-state index in [1.807, 2.05) is 0 Å².